The second kappa shape index (κ2) is 19.2. The number of benzene rings is 4. The van der Waals surface area contributed by atoms with Crippen LogP contribution in [0, 0.1) is 32.1 Å². The number of pyridine rings is 1. The van der Waals surface area contributed by atoms with Gasteiger partial charge in [-0.3, -0.25) is 4.98 Å². The number of aliphatic hydroxyl groups is 1. The highest BCUT2D eigenvalue weighted by Gasteiger charge is 2.20. The van der Waals surface area contributed by atoms with Gasteiger partial charge in [-0.1, -0.05) is 77.4 Å². The van der Waals surface area contributed by atoms with Gasteiger partial charge >= 0.3 is 0 Å². The Morgan fingerprint density at radius 1 is 0.862 bits per heavy atom. The zero-order valence-corrected chi connectivity index (χ0v) is 33.9. The average Bonchev–Trinajstić information content (AvgIpc) is 3.83. The van der Waals surface area contributed by atoms with Crippen LogP contribution >= 0.6 is 11.6 Å². The van der Waals surface area contributed by atoms with Gasteiger partial charge in [-0.15, -0.1) is 0 Å². The molecule has 1 saturated heterocycles. The summed E-state index contributed by atoms with van der Waals surface area (Å²) >= 11 is 6.93. The van der Waals surface area contributed by atoms with Crippen molar-refractivity contribution in [1.29, 1.82) is 5.26 Å². The Morgan fingerprint density at radius 2 is 1.66 bits per heavy atom. The zero-order chi connectivity index (χ0) is 40.4. The molecule has 6 aromatic rings. The first-order valence-electron chi connectivity index (χ1n) is 19.6. The minimum absolute atomic E-state index is 0.200. The average molecular weight is 798 g/mol. The Labute approximate surface area is 345 Å². The fourth-order valence-corrected chi connectivity index (χ4v) is 7.57. The molecular formula is C47H48ClN5O5. The lowest BCUT2D eigenvalue weighted by Crippen LogP contribution is -2.24. The predicted molar refractivity (Wildman–Crippen MR) is 225 cm³/mol. The second-order valence-electron chi connectivity index (χ2n) is 14.7. The summed E-state index contributed by atoms with van der Waals surface area (Å²) < 4.78 is 24.7. The summed E-state index contributed by atoms with van der Waals surface area (Å²) in [6.07, 6.45) is 4.75. The number of nitrogens with one attached hydrogen (secondary N) is 1. The Morgan fingerprint density at radius 3 is 2.45 bits per heavy atom. The van der Waals surface area contributed by atoms with Gasteiger partial charge in [0.05, 0.1) is 23.3 Å². The van der Waals surface area contributed by atoms with E-state index in [1.807, 2.05) is 67.6 Å². The van der Waals surface area contributed by atoms with Gasteiger partial charge in [-0.05, 0) is 79.6 Å². The van der Waals surface area contributed by atoms with Crippen LogP contribution in [0.4, 0.5) is 0 Å². The zero-order valence-electron chi connectivity index (χ0n) is 33.1. The molecule has 10 nitrogen and oxygen atoms in total. The predicted octanol–water partition coefficient (Wildman–Crippen LogP) is 9.14. The van der Waals surface area contributed by atoms with Gasteiger partial charge in [0.15, 0.2) is 0 Å². The third-order valence-electron chi connectivity index (χ3n) is 10.6. The van der Waals surface area contributed by atoms with Crippen LogP contribution in [0.3, 0.4) is 0 Å². The van der Waals surface area contributed by atoms with Gasteiger partial charge in [0.2, 0.25) is 0 Å². The fourth-order valence-electron chi connectivity index (χ4n) is 7.33. The van der Waals surface area contributed by atoms with Crippen LogP contribution in [-0.4, -0.2) is 52.5 Å². The Balaban J connectivity index is 1.06. The maximum Gasteiger partial charge on any atom is 0.142 e. The molecule has 4 aromatic carbocycles. The number of likely N-dealkylation sites (tertiary alicyclic amines) is 1. The Kier molecular flexibility index (Phi) is 13.4. The Hall–Kier alpha value is -5.70. The van der Waals surface area contributed by atoms with Crippen LogP contribution in [0.25, 0.3) is 22.4 Å². The molecular weight excluding hydrogens is 750 g/mol. The van der Waals surface area contributed by atoms with Crippen LogP contribution < -0.4 is 19.5 Å². The lowest BCUT2D eigenvalue weighted by molar-refractivity contribution is 0.173. The molecule has 0 amide bonds. The first-order chi connectivity index (χ1) is 28.3. The maximum absolute atomic E-state index is 9.83. The number of nitrogens with zero attached hydrogens (tertiary/aromatic N) is 4. The van der Waals surface area contributed by atoms with Gasteiger partial charge in [-0.2, -0.15) is 5.26 Å². The van der Waals surface area contributed by atoms with Gasteiger partial charge in [0.25, 0.3) is 0 Å². The number of halogens is 1. The minimum atomic E-state index is -0.208. The summed E-state index contributed by atoms with van der Waals surface area (Å²) in [5, 5.41) is 27.5. The highest BCUT2D eigenvalue weighted by Crippen LogP contribution is 2.37. The van der Waals surface area contributed by atoms with Crippen LogP contribution in [-0.2, 0) is 26.3 Å². The molecule has 0 saturated carbocycles. The van der Waals surface area contributed by atoms with E-state index in [0.717, 1.165) is 99.8 Å². The SMILES string of the molecule is Cc1onc(-c2ccccc2)c1CNCc1cc(Cl)c(OCc2cccc(-c3cccc(OCCCN4CCC(O)C4)c3C)c2C)cc1OCc1cncc(C#N)c1. The summed E-state index contributed by atoms with van der Waals surface area (Å²) in [6, 6.07) is 30.0. The molecule has 298 valence electrons. The van der Waals surface area contributed by atoms with E-state index in [1.54, 1.807) is 12.3 Å². The molecule has 11 heteroatoms. The van der Waals surface area contributed by atoms with Crippen molar-refractivity contribution in [3.8, 4) is 45.7 Å². The molecule has 0 spiro atoms. The topological polar surface area (TPSA) is 126 Å². The summed E-state index contributed by atoms with van der Waals surface area (Å²) in [5.74, 6) is 2.70. The first-order valence-corrected chi connectivity index (χ1v) is 20.0. The normalized spacial score (nSPS) is 14.0. The number of aliphatic hydroxyl groups excluding tert-OH is 1. The molecule has 1 atom stereocenters. The largest absolute Gasteiger partial charge is 0.493 e. The molecule has 0 radical (unpaired) electrons. The van der Waals surface area contributed by atoms with E-state index in [9.17, 15) is 10.4 Å². The van der Waals surface area contributed by atoms with Gasteiger partial charge in [0, 0.05) is 73.4 Å². The molecule has 1 unspecified atom stereocenters. The van der Waals surface area contributed by atoms with E-state index in [2.05, 4.69) is 58.5 Å². The van der Waals surface area contributed by atoms with Crippen LogP contribution in [0.2, 0.25) is 5.02 Å². The number of aromatic nitrogens is 2. The van der Waals surface area contributed by atoms with Crippen LogP contribution in [0.1, 0.15) is 57.5 Å². The minimum Gasteiger partial charge on any atom is -0.493 e. The molecule has 1 aliphatic rings. The monoisotopic (exact) mass is 797 g/mol. The third kappa shape index (κ3) is 9.87. The van der Waals surface area contributed by atoms with E-state index in [4.69, 9.17) is 30.3 Å². The second-order valence-corrected chi connectivity index (χ2v) is 15.1. The summed E-state index contributed by atoms with van der Waals surface area (Å²) in [4.78, 5) is 6.48. The molecule has 58 heavy (non-hydrogen) atoms. The summed E-state index contributed by atoms with van der Waals surface area (Å²) in [6.45, 7) is 10.8. The quantitative estimate of drug-likeness (QED) is 0.0864. The van der Waals surface area contributed by atoms with Crippen molar-refractivity contribution < 1.29 is 23.8 Å². The number of hydrogen-bond donors (Lipinski definition) is 2. The third-order valence-corrected chi connectivity index (χ3v) is 10.9. The number of β-amino-alcohol motifs (C(OH)–C–C–N with tert-alkyl or cyclic N) is 1. The highest BCUT2D eigenvalue weighted by molar-refractivity contribution is 6.32. The number of hydrogen-bond acceptors (Lipinski definition) is 10. The molecule has 7 rings (SSSR count). The number of rotatable bonds is 17. The molecule has 1 fully saturated rings. The van der Waals surface area contributed by atoms with Crippen molar-refractivity contribution in [1.82, 2.24) is 20.4 Å². The molecule has 1 aliphatic heterocycles. The lowest BCUT2D eigenvalue weighted by Gasteiger charge is -2.19. The maximum atomic E-state index is 9.83. The van der Waals surface area contributed by atoms with Crippen LogP contribution in [0.15, 0.2) is 102 Å². The molecule has 2 aromatic heterocycles. The van der Waals surface area contributed by atoms with Gasteiger partial charge in [0.1, 0.15) is 48.0 Å². The van der Waals surface area contributed by atoms with Gasteiger partial charge < -0.3 is 34.1 Å². The van der Waals surface area contributed by atoms with Crippen molar-refractivity contribution in [2.75, 3.05) is 26.2 Å². The highest BCUT2D eigenvalue weighted by atomic mass is 35.5. The lowest BCUT2D eigenvalue weighted by atomic mass is 9.93. The smallest absolute Gasteiger partial charge is 0.142 e. The van der Waals surface area contributed by atoms with Crippen molar-refractivity contribution in [2.45, 2.75) is 66.0 Å². The number of aryl methyl sites for hydroxylation is 1. The van der Waals surface area contributed by atoms with E-state index in [1.165, 1.54) is 6.20 Å². The molecule has 2 N–H and O–H groups in total. The molecule has 0 bridgehead atoms. The van der Waals surface area contributed by atoms with Crippen molar-refractivity contribution in [3.63, 3.8) is 0 Å². The van der Waals surface area contributed by atoms with Crippen molar-refractivity contribution in [3.05, 3.63) is 147 Å². The standard InChI is InChI=1S/C47H48ClN5O5/c1-31-37(12-7-13-40(31)41-14-8-15-44(32(41)2)55-19-9-17-53-18-16-39(54)28-53)30-57-46-22-45(56-29-35-20-34(23-49)24-50-25-35)38(21-43(46)48)26-51-27-42-33(3)58-52-47(42)36-10-5-4-6-11-36/h4-8,10-15,20-22,24-25,39,51,54H,9,16-19,26-30H2,1-3H3. The van der Waals surface area contributed by atoms with Gasteiger partial charge in [-0.25, -0.2) is 0 Å². The number of nitriles is 1. The number of ether oxygens (including phenoxy) is 3. The van der Waals surface area contributed by atoms with Crippen LogP contribution in [0.5, 0.6) is 17.2 Å². The van der Waals surface area contributed by atoms with Crippen molar-refractivity contribution in [2.24, 2.45) is 0 Å². The van der Waals surface area contributed by atoms with Crippen molar-refractivity contribution >= 4 is 11.6 Å². The van der Waals surface area contributed by atoms with E-state index >= 15 is 0 Å². The van der Waals surface area contributed by atoms with E-state index in [-0.39, 0.29) is 12.7 Å². The summed E-state index contributed by atoms with van der Waals surface area (Å²) in [5.41, 5.74) is 10.3. The first kappa shape index (κ1) is 40.5. The summed E-state index contributed by atoms with van der Waals surface area (Å²) in [7, 11) is 0. The van der Waals surface area contributed by atoms with E-state index in [0.29, 0.717) is 48.4 Å². The Bertz CT molecular complexity index is 2380. The molecule has 0 aliphatic carbocycles. The fraction of sp³-hybridized carbons (Fsp3) is 0.298. The molecule has 3 heterocycles. The van der Waals surface area contributed by atoms with E-state index < -0.39 is 0 Å².